The lowest BCUT2D eigenvalue weighted by Gasteiger charge is -2.31. The third kappa shape index (κ3) is 12.9. The number of aryl methyl sites for hydroxylation is 1. The molecule has 0 aliphatic rings. The summed E-state index contributed by atoms with van der Waals surface area (Å²) in [5.41, 5.74) is 2.88. The van der Waals surface area contributed by atoms with Crippen molar-refractivity contribution >= 4 is 37.4 Å². The molecule has 9 nitrogen and oxygen atoms in total. The third-order valence-corrected chi connectivity index (χ3v) is 10.7. The van der Waals surface area contributed by atoms with E-state index in [0.29, 0.717) is 36.0 Å². The number of unbranched alkanes of at least 4 members (excludes halogenated alkanes) is 14. The highest BCUT2D eigenvalue weighted by molar-refractivity contribution is 7.48. The lowest BCUT2D eigenvalue weighted by molar-refractivity contribution is 0.0646. The molecule has 1 aromatic carbocycles. The van der Waals surface area contributed by atoms with Gasteiger partial charge in [-0.1, -0.05) is 128 Å². The predicted molar refractivity (Wildman–Crippen MR) is 201 cm³/mol. The van der Waals surface area contributed by atoms with Crippen LogP contribution in [0.4, 0.5) is 5.69 Å². The van der Waals surface area contributed by atoms with Crippen molar-refractivity contribution in [1.29, 1.82) is 0 Å². The largest absolute Gasteiger partial charge is 0.328 e. The smallest absolute Gasteiger partial charge is 0.287 e. The Bertz CT molecular complexity index is 1310. The number of aromatic amines is 1. The van der Waals surface area contributed by atoms with Crippen LogP contribution in [-0.4, -0.2) is 50.4 Å². The zero-order chi connectivity index (χ0) is 34.6. The number of halogens is 1. The van der Waals surface area contributed by atoms with Crippen LogP contribution in [0.2, 0.25) is 5.02 Å². The van der Waals surface area contributed by atoms with Gasteiger partial charge in [0.15, 0.2) is 11.5 Å². The number of carbonyl (C=O) groups excluding carboxylic acids is 1. The van der Waals surface area contributed by atoms with Gasteiger partial charge in [-0.3, -0.25) is 9.89 Å². The van der Waals surface area contributed by atoms with Gasteiger partial charge in [-0.15, -0.1) is 10.2 Å². The molecule has 3 aromatic rings. The van der Waals surface area contributed by atoms with Gasteiger partial charge in [0.2, 0.25) is 0 Å². The van der Waals surface area contributed by atoms with E-state index in [2.05, 4.69) is 34.2 Å². The van der Waals surface area contributed by atoms with Gasteiger partial charge in [0.1, 0.15) is 5.02 Å². The fraction of sp³-hybridized carbons (Fsp3) is 0.703. The summed E-state index contributed by atoms with van der Waals surface area (Å²) in [6, 6.07) is 7.45. The maximum atomic E-state index is 14.6. The fourth-order valence-corrected chi connectivity index (χ4v) is 7.38. The summed E-state index contributed by atoms with van der Waals surface area (Å²) in [6.07, 6.45) is 20.3. The normalized spacial score (nSPS) is 12.3. The first-order valence-electron chi connectivity index (χ1n) is 18.8. The number of H-pyrrole nitrogens is 1. The molecular formula is C37H62ClN6O3P. The van der Waals surface area contributed by atoms with E-state index in [-0.39, 0.29) is 11.9 Å². The molecule has 0 fully saturated rings. The number of carbonyl (C=O) groups is 1. The number of nitrogens with zero attached hydrogens (tertiary/aromatic N) is 4. The van der Waals surface area contributed by atoms with Crippen molar-refractivity contribution in [2.45, 2.75) is 150 Å². The Labute approximate surface area is 296 Å². The lowest BCUT2D eigenvalue weighted by Crippen LogP contribution is -2.37. The van der Waals surface area contributed by atoms with Gasteiger partial charge in [-0.25, -0.2) is 4.52 Å². The Morgan fingerprint density at radius 3 is 2.06 bits per heavy atom. The topological polar surface area (TPSA) is 96.8 Å². The molecule has 11 heteroatoms. The summed E-state index contributed by atoms with van der Waals surface area (Å²) in [5, 5.41) is 16.4. The van der Waals surface area contributed by atoms with Crippen LogP contribution in [-0.2, 0) is 9.05 Å². The van der Waals surface area contributed by atoms with Crippen LogP contribution < -0.4 is 5.09 Å². The van der Waals surface area contributed by atoms with Crippen LogP contribution in [0, 0.1) is 6.92 Å². The standard InChI is InChI=1S/C37H62ClN6O3P/c1-6-10-12-14-16-17-18-19-20-22-27-33(35-39-40-36-34(38)30(5)41-44(35)36)43(28-23-21-15-13-11-7-2)37(45)31-25-24-26-32(29-31)42-48(46-8-3)47-9-4/h24-26,29,33,41-42H,6-23,27-28H2,1-5H3. The van der Waals surface area contributed by atoms with E-state index < -0.39 is 8.53 Å². The van der Waals surface area contributed by atoms with Crippen molar-refractivity contribution in [2.24, 2.45) is 0 Å². The Balaban J connectivity index is 1.84. The van der Waals surface area contributed by atoms with Crippen molar-refractivity contribution < 1.29 is 13.8 Å². The quantitative estimate of drug-likeness (QED) is 0.0605. The van der Waals surface area contributed by atoms with Crippen molar-refractivity contribution in [3.8, 4) is 0 Å². The molecule has 1 unspecified atom stereocenters. The summed E-state index contributed by atoms with van der Waals surface area (Å²) >= 11 is 6.60. The van der Waals surface area contributed by atoms with Crippen molar-refractivity contribution in [1.82, 2.24) is 24.7 Å². The van der Waals surface area contributed by atoms with E-state index in [0.717, 1.165) is 49.3 Å². The monoisotopic (exact) mass is 704 g/mol. The van der Waals surface area contributed by atoms with E-state index in [1.165, 1.54) is 77.0 Å². The number of anilines is 1. The Morgan fingerprint density at radius 1 is 0.875 bits per heavy atom. The van der Waals surface area contributed by atoms with Gasteiger partial charge in [0, 0.05) is 17.8 Å². The highest BCUT2D eigenvalue weighted by Gasteiger charge is 2.31. The number of aromatic nitrogens is 4. The van der Waals surface area contributed by atoms with Gasteiger partial charge >= 0.3 is 0 Å². The Morgan fingerprint density at radius 2 is 1.46 bits per heavy atom. The first kappa shape index (κ1) is 40.2. The highest BCUT2D eigenvalue weighted by Crippen LogP contribution is 2.39. The SMILES string of the molecule is CCCCCCCCCCCCC(c1nnc2c(Cl)c(C)[nH]n12)N(CCCCCCCC)C(=O)c1cccc(NP(OCC)OCC)c1. The summed E-state index contributed by atoms with van der Waals surface area (Å²) in [7, 11) is -1.30. The Kier molecular flexibility index (Phi) is 19.5. The van der Waals surface area contributed by atoms with Gasteiger partial charge in [-0.05, 0) is 51.8 Å². The van der Waals surface area contributed by atoms with E-state index in [4.69, 9.17) is 20.6 Å². The van der Waals surface area contributed by atoms with Crippen molar-refractivity contribution in [2.75, 3.05) is 24.8 Å². The number of nitrogens with one attached hydrogen (secondary N) is 2. The minimum absolute atomic E-state index is 0.00689. The number of amides is 1. The summed E-state index contributed by atoms with van der Waals surface area (Å²) in [4.78, 5) is 16.6. The molecular weight excluding hydrogens is 643 g/mol. The number of hydrogen-bond donors (Lipinski definition) is 2. The minimum Gasteiger partial charge on any atom is -0.328 e. The summed E-state index contributed by atoms with van der Waals surface area (Å²) in [6.45, 7) is 12.1. The molecule has 0 bridgehead atoms. The number of hydrogen-bond acceptors (Lipinski definition) is 6. The van der Waals surface area contributed by atoms with Crippen LogP contribution in [0.25, 0.3) is 5.65 Å². The van der Waals surface area contributed by atoms with E-state index in [1.54, 1.807) is 0 Å². The molecule has 2 N–H and O–H groups in total. The molecule has 270 valence electrons. The number of fused-ring (bicyclic) bond motifs is 1. The molecule has 0 aliphatic heterocycles. The zero-order valence-electron chi connectivity index (χ0n) is 30.4. The molecule has 0 spiro atoms. The van der Waals surface area contributed by atoms with Crippen LogP contribution >= 0.6 is 20.1 Å². The molecule has 1 amide bonds. The molecule has 48 heavy (non-hydrogen) atoms. The van der Waals surface area contributed by atoms with E-state index in [9.17, 15) is 4.79 Å². The molecule has 2 heterocycles. The second-order valence-electron chi connectivity index (χ2n) is 12.8. The number of benzene rings is 1. The summed E-state index contributed by atoms with van der Waals surface area (Å²) < 4.78 is 13.4. The maximum Gasteiger partial charge on any atom is 0.287 e. The minimum atomic E-state index is -1.30. The first-order valence-corrected chi connectivity index (χ1v) is 20.3. The zero-order valence-corrected chi connectivity index (χ0v) is 32.0. The fourth-order valence-electron chi connectivity index (χ4n) is 6.19. The van der Waals surface area contributed by atoms with Gasteiger partial charge in [0.25, 0.3) is 14.4 Å². The van der Waals surface area contributed by atoms with Gasteiger partial charge in [-0.2, -0.15) is 0 Å². The average molecular weight is 705 g/mol. The van der Waals surface area contributed by atoms with Gasteiger partial charge < -0.3 is 19.0 Å². The van der Waals surface area contributed by atoms with E-state index in [1.807, 2.05) is 54.5 Å². The molecule has 0 aliphatic carbocycles. The van der Waals surface area contributed by atoms with Crippen LogP contribution in [0.5, 0.6) is 0 Å². The van der Waals surface area contributed by atoms with Crippen LogP contribution in [0.1, 0.15) is 165 Å². The lowest BCUT2D eigenvalue weighted by atomic mass is 10.0. The first-order chi connectivity index (χ1) is 23.4. The van der Waals surface area contributed by atoms with Crippen molar-refractivity contribution in [3.63, 3.8) is 0 Å². The molecule has 0 saturated carbocycles. The molecule has 0 saturated heterocycles. The van der Waals surface area contributed by atoms with Crippen LogP contribution in [0.3, 0.4) is 0 Å². The highest BCUT2D eigenvalue weighted by atomic mass is 35.5. The molecule has 3 rings (SSSR count). The second-order valence-corrected chi connectivity index (χ2v) is 14.4. The molecule has 0 radical (unpaired) electrons. The van der Waals surface area contributed by atoms with E-state index >= 15 is 0 Å². The molecule has 1 atom stereocenters. The Hall–Kier alpha value is -2.19. The maximum absolute atomic E-state index is 14.6. The average Bonchev–Trinajstić information content (AvgIpc) is 3.62. The summed E-state index contributed by atoms with van der Waals surface area (Å²) in [5.74, 6) is 0.730. The third-order valence-electron chi connectivity index (χ3n) is 8.83. The van der Waals surface area contributed by atoms with Crippen LogP contribution in [0.15, 0.2) is 24.3 Å². The molecule has 2 aromatic heterocycles. The van der Waals surface area contributed by atoms with Gasteiger partial charge in [0.05, 0.1) is 24.9 Å². The predicted octanol–water partition coefficient (Wildman–Crippen LogP) is 11.6. The van der Waals surface area contributed by atoms with Crippen molar-refractivity contribution in [3.05, 3.63) is 46.4 Å². The second kappa shape index (κ2) is 23.3. The number of rotatable bonds is 27.